The highest BCUT2D eigenvalue weighted by Gasteiger charge is 2.24. The fourth-order valence-electron chi connectivity index (χ4n) is 1.23. The number of rotatable bonds is 1. The molecule has 0 spiro atoms. The van der Waals surface area contributed by atoms with E-state index >= 15 is 0 Å². The van der Waals surface area contributed by atoms with Gasteiger partial charge in [-0.05, 0) is 0 Å². The van der Waals surface area contributed by atoms with Gasteiger partial charge in [0, 0.05) is 7.05 Å². The number of aromatic nitrogens is 4. The van der Waals surface area contributed by atoms with Crippen LogP contribution in [0.25, 0.3) is 11.0 Å². The van der Waals surface area contributed by atoms with E-state index < -0.39 is 20.8 Å². The van der Waals surface area contributed by atoms with Crippen molar-refractivity contribution in [3.63, 3.8) is 0 Å². The molecule has 2 aromatic heterocycles. The van der Waals surface area contributed by atoms with Gasteiger partial charge in [0.1, 0.15) is 5.39 Å². The first-order valence-electron chi connectivity index (χ1n) is 3.76. The summed E-state index contributed by atoms with van der Waals surface area (Å²) in [5, 5.41) is 2.11. The third-order valence-electron chi connectivity index (χ3n) is 1.83. The van der Waals surface area contributed by atoms with Crippen molar-refractivity contribution in [2.45, 2.75) is 5.03 Å². The molecule has 2 heterocycles. The monoisotopic (exact) mass is 232 g/mol. The number of fused-ring (bicyclic) bond motifs is 1. The second kappa shape index (κ2) is 2.86. The van der Waals surface area contributed by atoms with Crippen LogP contribution < -0.4 is 5.56 Å². The zero-order chi connectivity index (χ0) is 11.2. The maximum Gasteiger partial charge on any atom is 0.352 e. The average Bonchev–Trinajstić information content (AvgIpc) is 2.45. The largest absolute Gasteiger partial charge is 0.352 e. The molecule has 0 aliphatic heterocycles. The van der Waals surface area contributed by atoms with E-state index in [1.165, 1.54) is 7.05 Å². The molecule has 0 aromatic carbocycles. The van der Waals surface area contributed by atoms with Crippen molar-refractivity contribution >= 4 is 21.3 Å². The molecule has 7 nitrogen and oxygen atoms in total. The van der Waals surface area contributed by atoms with E-state index in [2.05, 4.69) is 15.1 Å². The second-order valence-corrected chi connectivity index (χ2v) is 4.06. The van der Waals surface area contributed by atoms with Crippen LogP contribution in [0.2, 0.25) is 0 Å². The van der Waals surface area contributed by atoms with Gasteiger partial charge in [-0.2, -0.15) is 13.5 Å². The van der Waals surface area contributed by atoms with Crippen molar-refractivity contribution in [3.05, 3.63) is 16.7 Å². The molecule has 0 fully saturated rings. The van der Waals surface area contributed by atoms with Crippen LogP contribution in [0.5, 0.6) is 0 Å². The average molecular weight is 232 g/mol. The third kappa shape index (κ3) is 1.40. The van der Waals surface area contributed by atoms with Gasteiger partial charge in [0.05, 0.1) is 6.33 Å². The van der Waals surface area contributed by atoms with Gasteiger partial charge in [0.2, 0.25) is 5.03 Å². The molecule has 0 radical (unpaired) electrons. The smallest absolute Gasteiger partial charge is 0.312 e. The van der Waals surface area contributed by atoms with Gasteiger partial charge < -0.3 is 4.98 Å². The van der Waals surface area contributed by atoms with E-state index in [4.69, 9.17) is 0 Å². The van der Waals surface area contributed by atoms with Crippen LogP contribution in [0.15, 0.2) is 16.1 Å². The van der Waals surface area contributed by atoms with Crippen LogP contribution in [-0.4, -0.2) is 28.2 Å². The Balaban J connectivity index is 3.08. The molecular weight excluding hydrogens is 227 g/mol. The number of hydrogen-bond acceptors (Lipinski definition) is 5. The lowest BCUT2D eigenvalue weighted by Crippen LogP contribution is -2.08. The molecule has 1 N–H and O–H groups in total. The van der Waals surface area contributed by atoms with Gasteiger partial charge in [0.15, 0.2) is 5.65 Å². The van der Waals surface area contributed by atoms with Crippen molar-refractivity contribution in [3.8, 4) is 0 Å². The standard InChI is InChI=1S/C6H5FN4O3S/c1-11-4-3(5(12)9-2-8-4)6(10-11)15(7,13)14/h2H,1H3,(H,8,9,12). The Morgan fingerprint density at radius 3 is 2.80 bits per heavy atom. The Labute approximate surface area is 82.8 Å². The first-order valence-corrected chi connectivity index (χ1v) is 5.14. The minimum absolute atomic E-state index is 0.00924. The molecule has 0 amide bonds. The van der Waals surface area contributed by atoms with Crippen LogP contribution in [-0.2, 0) is 17.3 Å². The molecule has 0 bridgehead atoms. The second-order valence-electron chi connectivity index (χ2n) is 2.80. The number of halogens is 1. The van der Waals surface area contributed by atoms with E-state index in [0.29, 0.717) is 0 Å². The summed E-state index contributed by atoms with van der Waals surface area (Å²) in [6.45, 7) is 0. The Morgan fingerprint density at radius 2 is 2.20 bits per heavy atom. The molecule has 9 heteroatoms. The van der Waals surface area contributed by atoms with Crippen LogP contribution in [0, 0.1) is 0 Å². The fraction of sp³-hybridized carbons (Fsp3) is 0.167. The maximum absolute atomic E-state index is 12.8. The normalized spacial score (nSPS) is 12.1. The van der Waals surface area contributed by atoms with E-state index in [9.17, 15) is 17.1 Å². The number of hydrogen-bond donors (Lipinski definition) is 1. The van der Waals surface area contributed by atoms with E-state index in [0.717, 1.165) is 11.0 Å². The molecule has 0 aliphatic rings. The lowest BCUT2D eigenvalue weighted by atomic mass is 10.4. The number of aryl methyl sites for hydroxylation is 1. The van der Waals surface area contributed by atoms with Gasteiger partial charge in [-0.25, -0.2) is 9.67 Å². The molecule has 2 rings (SSSR count). The first-order chi connectivity index (χ1) is 6.91. The van der Waals surface area contributed by atoms with Crippen LogP contribution >= 0.6 is 0 Å². The Kier molecular flexibility index (Phi) is 1.86. The predicted molar refractivity (Wildman–Crippen MR) is 47.4 cm³/mol. The molecule has 80 valence electrons. The summed E-state index contributed by atoms with van der Waals surface area (Å²) in [6, 6.07) is 0. The summed E-state index contributed by atoms with van der Waals surface area (Å²) in [7, 11) is -3.66. The lowest BCUT2D eigenvalue weighted by Gasteiger charge is -1.89. The first kappa shape index (κ1) is 9.77. The van der Waals surface area contributed by atoms with Gasteiger partial charge >= 0.3 is 10.2 Å². The zero-order valence-electron chi connectivity index (χ0n) is 7.43. The number of aromatic amines is 1. The van der Waals surface area contributed by atoms with Gasteiger partial charge in [0.25, 0.3) is 5.56 Å². The fourth-order valence-corrected chi connectivity index (χ4v) is 1.88. The van der Waals surface area contributed by atoms with Crippen molar-refractivity contribution in [1.29, 1.82) is 0 Å². The maximum atomic E-state index is 12.8. The predicted octanol–water partition coefficient (Wildman–Crippen LogP) is -0.685. The Hall–Kier alpha value is -1.77. The number of nitrogens with one attached hydrogen (secondary N) is 1. The summed E-state index contributed by atoms with van der Waals surface area (Å²) in [5.74, 6) is 0. The summed E-state index contributed by atoms with van der Waals surface area (Å²) >= 11 is 0. The quantitative estimate of drug-likeness (QED) is 0.656. The van der Waals surface area contributed by atoms with Crippen molar-refractivity contribution in [2.75, 3.05) is 0 Å². The molecule has 0 saturated carbocycles. The van der Waals surface area contributed by atoms with Gasteiger partial charge in [-0.3, -0.25) is 4.79 Å². The van der Waals surface area contributed by atoms with Gasteiger partial charge in [-0.1, -0.05) is 3.89 Å². The van der Waals surface area contributed by atoms with Crippen molar-refractivity contribution in [2.24, 2.45) is 7.05 Å². The molecule has 0 aliphatic carbocycles. The Bertz CT molecular complexity index is 686. The van der Waals surface area contributed by atoms with Crippen LogP contribution in [0.1, 0.15) is 0 Å². The molecule has 2 aromatic rings. The van der Waals surface area contributed by atoms with Crippen molar-refractivity contribution in [1.82, 2.24) is 19.7 Å². The third-order valence-corrected chi connectivity index (χ3v) is 2.57. The highest BCUT2D eigenvalue weighted by atomic mass is 32.3. The molecule has 0 saturated heterocycles. The summed E-state index contributed by atoms with van der Waals surface area (Å²) in [6.07, 6.45) is 1.08. The molecular formula is C6H5FN4O3S. The lowest BCUT2D eigenvalue weighted by molar-refractivity contribution is 0.545. The minimum atomic E-state index is -5.02. The Morgan fingerprint density at radius 1 is 1.53 bits per heavy atom. The highest BCUT2D eigenvalue weighted by Crippen LogP contribution is 2.17. The summed E-state index contributed by atoms with van der Waals surface area (Å²) in [5.41, 5.74) is -0.737. The number of nitrogens with zero attached hydrogens (tertiary/aromatic N) is 3. The van der Waals surface area contributed by atoms with E-state index in [1.807, 2.05) is 0 Å². The molecule has 0 unspecified atom stereocenters. The van der Waals surface area contributed by atoms with Crippen LogP contribution in [0.3, 0.4) is 0 Å². The molecule has 15 heavy (non-hydrogen) atoms. The topological polar surface area (TPSA) is 97.7 Å². The SMILES string of the molecule is Cn1nc(S(=O)(=O)F)c2c(=O)[nH]cnc21. The van der Waals surface area contributed by atoms with Gasteiger partial charge in [-0.15, -0.1) is 0 Å². The molecule has 0 atom stereocenters. The van der Waals surface area contributed by atoms with Crippen LogP contribution in [0.4, 0.5) is 3.89 Å². The summed E-state index contributed by atoms with van der Waals surface area (Å²) in [4.78, 5) is 17.1. The minimum Gasteiger partial charge on any atom is -0.312 e. The van der Waals surface area contributed by atoms with Crippen molar-refractivity contribution < 1.29 is 12.3 Å². The summed E-state index contributed by atoms with van der Waals surface area (Å²) < 4.78 is 35.2. The highest BCUT2D eigenvalue weighted by molar-refractivity contribution is 7.86. The number of H-pyrrole nitrogens is 1. The zero-order valence-corrected chi connectivity index (χ0v) is 8.25. The van der Waals surface area contributed by atoms with E-state index in [1.54, 1.807) is 0 Å². The van der Waals surface area contributed by atoms with E-state index in [-0.39, 0.29) is 11.0 Å².